The molecular formula is C21H19NO3S. The van der Waals surface area contributed by atoms with E-state index in [0.29, 0.717) is 18.8 Å². The first-order valence-electron chi connectivity index (χ1n) is 8.45. The minimum Gasteiger partial charge on any atom is -0.493 e. The molecule has 3 aromatic rings. The van der Waals surface area contributed by atoms with Crippen LogP contribution in [0, 0.1) is 0 Å². The molecule has 5 heteroatoms. The van der Waals surface area contributed by atoms with Gasteiger partial charge in [-0.25, -0.2) is 0 Å². The summed E-state index contributed by atoms with van der Waals surface area (Å²) in [4.78, 5) is 14.4. The molecule has 2 heterocycles. The first-order valence-corrected chi connectivity index (χ1v) is 9.33. The predicted molar refractivity (Wildman–Crippen MR) is 104 cm³/mol. The summed E-state index contributed by atoms with van der Waals surface area (Å²) in [6.45, 7) is 0.344. The molecule has 0 radical (unpaired) electrons. The Morgan fingerprint density at radius 1 is 1.04 bits per heavy atom. The summed E-state index contributed by atoms with van der Waals surface area (Å²) in [5.41, 5.74) is 3.34. The zero-order valence-electron chi connectivity index (χ0n) is 14.7. The van der Waals surface area contributed by atoms with Crippen LogP contribution in [0.15, 0.2) is 53.9 Å². The molecule has 1 amide bonds. The lowest BCUT2D eigenvalue weighted by Gasteiger charge is -2.13. The molecule has 1 aliphatic heterocycles. The monoisotopic (exact) mass is 365 g/mol. The molecule has 0 atom stereocenters. The van der Waals surface area contributed by atoms with E-state index in [2.05, 4.69) is 17.5 Å². The second-order valence-electron chi connectivity index (χ2n) is 6.31. The highest BCUT2D eigenvalue weighted by molar-refractivity contribution is 7.14. The standard InChI is InChI=1S/C21H19NO3S/c1-22(2)20(23)9-11-24-14-7-8-17-19(13-14)25-18-6-4-3-5-15(18)16-10-12-26-21(16)17/h3-8,10,12-13H,9,11H2,1-2H3. The Kier molecular flexibility index (Phi) is 4.39. The van der Waals surface area contributed by atoms with Crippen molar-refractivity contribution in [3.63, 3.8) is 0 Å². The lowest BCUT2D eigenvalue weighted by atomic mass is 10.0. The summed E-state index contributed by atoms with van der Waals surface area (Å²) in [5.74, 6) is 2.36. The Labute approximate surface area is 156 Å². The molecule has 0 saturated heterocycles. The van der Waals surface area contributed by atoms with Crippen LogP contribution in [0.5, 0.6) is 17.2 Å². The highest BCUT2D eigenvalue weighted by Crippen LogP contribution is 2.49. The Hall–Kier alpha value is -2.79. The lowest BCUT2D eigenvalue weighted by molar-refractivity contribution is -0.129. The zero-order chi connectivity index (χ0) is 18.1. The molecule has 0 unspecified atom stereocenters. The van der Waals surface area contributed by atoms with Crippen LogP contribution in [-0.4, -0.2) is 31.5 Å². The van der Waals surface area contributed by atoms with Gasteiger partial charge in [0.05, 0.1) is 13.0 Å². The Balaban J connectivity index is 1.64. The number of thiophene rings is 1. The fourth-order valence-corrected chi connectivity index (χ4v) is 3.91. The van der Waals surface area contributed by atoms with Crippen LogP contribution in [0.2, 0.25) is 0 Å². The number of carbonyl (C=O) groups is 1. The highest BCUT2D eigenvalue weighted by Gasteiger charge is 2.22. The van der Waals surface area contributed by atoms with E-state index in [1.54, 1.807) is 30.3 Å². The second kappa shape index (κ2) is 6.84. The lowest BCUT2D eigenvalue weighted by Crippen LogP contribution is -2.23. The third-order valence-electron chi connectivity index (χ3n) is 4.34. The summed E-state index contributed by atoms with van der Waals surface area (Å²) in [7, 11) is 3.49. The SMILES string of the molecule is CN(C)C(=O)CCOc1ccc2c(c1)Oc1ccccc1-c1ccsc1-2. The number of para-hydroxylation sites is 1. The van der Waals surface area contributed by atoms with E-state index in [9.17, 15) is 4.79 Å². The summed E-state index contributed by atoms with van der Waals surface area (Å²) >= 11 is 1.70. The van der Waals surface area contributed by atoms with Crippen LogP contribution >= 0.6 is 11.3 Å². The number of benzene rings is 2. The van der Waals surface area contributed by atoms with Crippen LogP contribution in [0.1, 0.15) is 6.42 Å². The van der Waals surface area contributed by atoms with Gasteiger partial charge in [0.25, 0.3) is 0 Å². The fourth-order valence-electron chi connectivity index (χ4n) is 2.97. The largest absolute Gasteiger partial charge is 0.493 e. The number of carbonyl (C=O) groups excluding carboxylic acids is 1. The topological polar surface area (TPSA) is 38.8 Å². The maximum atomic E-state index is 11.7. The van der Waals surface area contributed by atoms with Crippen LogP contribution < -0.4 is 9.47 Å². The van der Waals surface area contributed by atoms with E-state index in [-0.39, 0.29) is 5.91 Å². The number of hydrogen-bond acceptors (Lipinski definition) is 4. The van der Waals surface area contributed by atoms with E-state index in [0.717, 1.165) is 22.6 Å². The third-order valence-corrected chi connectivity index (χ3v) is 5.29. The van der Waals surface area contributed by atoms with Crippen molar-refractivity contribution in [1.82, 2.24) is 4.90 Å². The molecule has 0 N–H and O–H groups in total. The van der Waals surface area contributed by atoms with Gasteiger partial charge in [-0.3, -0.25) is 4.79 Å². The average Bonchev–Trinajstić information content (AvgIpc) is 3.07. The summed E-state index contributed by atoms with van der Waals surface area (Å²) in [6, 6.07) is 16.1. The number of ether oxygens (including phenoxy) is 2. The predicted octanol–water partition coefficient (Wildman–Crippen LogP) is 5.04. The number of hydrogen-bond donors (Lipinski definition) is 0. The van der Waals surface area contributed by atoms with Crippen molar-refractivity contribution in [1.29, 1.82) is 0 Å². The zero-order valence-corrected chi connectivity index (χ0v) is 15.5. The smallest absolute Gasteiger partial charge is 0.225 e. The molecule has 26 heavy (non-hydrogen) atoms. The Morgan fingerprint density at radius 2 is 1.88 bits per heavy atom. The molecule has 2 aromatic carbocycles. The van der Waals surface area contributed by atoms with E-state index in [1.165, 1.54) is 10.4 Å². The average molecular weight is 365 g/mol. The molecule has 4 nitrogen and oxygen atoms in total. The molecule has 0 bridgehead atoms. The maximum Gasteiger partial charge on any atom is 0.225 e. The van der Waals surface area contributed by atoms with Gasteiger partial charge in [0.15, 0.2) is 0 Å². The van der Waals surface area contributed by atoms with Crippen molar-refractivity contribution in [3.8, 4) is 38.8 Å². The minimum absolute atomic E-state index is 0.0492. The minimum atomic E-state index is 0.0492. The van der Waals surface area contributed by atoms with E-state index in [1.807, 2.05) is 36.4 Å². The van der Waals surface area contributed by atoms with Crippen molar-refractivity contribution < 1.29 is 14.3 Å². The van der Waals surface area contributed by atoms with Gasteiger partial charge in [-0.05, 0) is 29.6 Å². The first kappa shape index (κ1) is 16.7. The van der Waals surface area contributed by atoms with Gasteiger partial charge >= 0.3 is 0 Å². The van der Waals surface area contributed by atoms with Gasteiger partial charge in [0, 0.05) is 41.7 Å². The molecule has 0 fully saturated rings. The molecule has 0 aliphatic carbocycles. The normalized spacial score (nSPS) is 11.5. The molecule has 0 spiro atoms. The Bertz CT molecular complexity index is 961. The quantitative estimate of drug-likeness (QED) is 0.508. The molecular weight excluding hydrogens is 346 g/mol. The second-order valence-corrected chi connectivity index (χ2v) is 7.22. The van der Waals surface area contributed by atoms with Gasteiger partial charge < -0.3 is 14.4 Å². The van der Waals surface area contributed by atoms with Crippen molar-refractivity contribution >= 4 is 17.2 Å². The summed E-state index contributed by atoms with van der Waals surface area (Å²) in [5, 5.41) is 2.10. The van der Waals surface area contributed by atoms with Crippen molar-refractivity contribution in [3.05, 3.63) is 53.9 Å². The number of fused-ring (bicyclic) bond motifs is 5. The molecule has 1 aromatic heterocycles. The third kappa shape index (κ3) is 3.06. The molecule has 4 rings (SSSR count). The van der Waals surface area contributed by atoms with E-state index in [4.69, 9.17) is 9.47 Å². The van der Waals surface area contributed by atoms with Crippen molar-refractivity contribution in [2.24, 2.45) is 0 Å². The number of nitrogens with zero attached hydrogens (tertiary/aromatic N) is 1. The maximum absolute atomic E-state index is 11.7. The summed E-state index contributed by atoms with van der Waals surface area (Å²) < 4.78 is 12.0. The van der Waals surface area contributed by atoms with Gasteiger partial charge in [-0.15, -0.1) is 11.3 Å². The van der Waals surface area contributed by atoms with Crippen LogP contribution in [0.3, 0.4) is 0 Å². The van der Waals surface area contributed by atoms with Crippen molar-refractivity contribution in [2.45, 2.75) is 6.42 Å². The van der Waals surface area contributed by atoms with Gasteiger partial charge in [-0.2, -0.15) is 0 Å². The van der Waals surface area contributed by atoms with Crippen LogP contribution in [-0.2, 0) is 4.79 Å². The van der Waals surface area contributed by atoms with E-state index >= 15 is 0 Å². The van der Waals surface area contributed by atoms with Gasteiger partial charge in [0.2, 0.25) is 5.91 Å². The summed E-state index contributed by atoms with van der Waals surface area (Å²) in [6.07, 6.45) is 0.350. The molecule has 132 valence electrons. The van der Waals surface area contributed by atoms with Crippen molar-refractivity contribution in [2.75, 3.05) is 20.7 Å². The number of amides is 1. The van der Waals surface area contributed by atoms with E-state index < -0.39 is 0 Å². The highest BCUT2D eigenvalue weighted by atomic mass is 32.1. The van der Waals surface area contributed by atoms with Gasteiger partial charge in [0.1, 0.15) is 17.2 Å². The van der Waals surface area contributed by atoms with Gasteiger partial charge in [-0.1, -0.05) is 18.2 Å². The number of rotatable bonds is 4. The Morgan fingerprint density at radius 3 is 2.73 bits per heavy atom. The molecule has 0 saturated carbocycles. The molecule has 1 aliphatic rings. The first-order chi connectivity index (χ1) is 12.6. The van der Waals surface area contributed by atoms with Crippen LogP contribution in [0.25, 0.3) is 21.6 Å². The fraction of sp³-hybridized carbons (Fsp3) is 0.190. The van der Waals surface area contributed by atoms with Crippen LogP contribution in [0.4, 0.5) is 0 Å².